The number of rotatable bonds is 5. The highest BCUT2D eigenvalue weighted by Crippen LogP contribution is 2.32. The number of nitro benzene ring substituents is 1. The molecule has 0 saturated carbocycles. The van der Waals surface area contributed by atoms with Crippen molar-refractivity contribution in [1.29, 1.82) is 0 Å². The quantitative estimate of drug-likeness (QED) is 0.445. The van der Waals surface area contributed by atoms with Crippen molar-refractivity contribution in [2.75, 3.05) is 7.11 Å². The first-order valence-electron chi connectivity index (χ1n) is 8.70. The first kappa shape index (κ1) is 19.5. The first-order chi connectivity index (χ1) is 13.2. The van der Waals surface area contributed by atoms with E-state index in [1.54, 1.807) is 18.2 Å². The highest BCUT2D eigenvalue weighted by atomic mass is 19.1. The average molecular weight is 386 g/mol. The Morgan fingerprint density at radius 3 is 2.43 bits per heavy atom. The largest absolute Gasteiger partial charge is 0.467 e. The van der Waals surface area contributed by atoms with Crippen LogP contribution in [0.1, 0.15) is 29.8 Å². The number of amides is 1. The molecular formula is C20H19FN2O5. The Balaban J connectivity index is 1.95. The zero-order chi connectivity index (χ0) is 20.6. The molecule has 8 heteroatoms. The summed E-state index contributed by atoms with van der Waals surface area (Å²) in [5.74, 6) is -1.85. The maximum Gasteiger partial charge on any atom is 0.328 e. The number of carbonyl (C=O) groups excluding carboxylic acids is 2. The summed E-state index contributed by atoms with van der Waals surface area (Å²) < 4.78 is 18.8. The molecule has 1 amide bonds. The van der Waals surface area contributed by atoms with Crippen molar-refractivity contribution in [3.63, 3.8) is 0 Å². The molecule has 0 radical (unpaired) electrons. The molecule has 3 rings (SSSR count). The standard InChI is InChI=1S/C20H19FN2O5/c1-11(2)18(20(25)28-3)22-10-14-5-4-12(8-15(14)19(22)24)13-6-7-17(23(26)27)16(21)9-13/h4-9,11,18H,10H2,1-3H3/t18-/m0/s1. The minimum absolute atomic E-state index is 0.131. The molecule has 0 fully saturated rings. The lowest BCUT2D eigenvalue weighted by atomic mass is 10.00. The van der Waals surface area contributed by atoms with E-state index in [2.05, 4.69) is 0 Å². The van der Waals surface area contributed by atoms with Gasteiger partial charge in [-0.05, 0) is 40.8 Å². The van der Waals surface area contributed by atoms with Gasteiger partial charge in [0, 0.05) is 18.2 Å². The predicted molar refractivity (Wildman–Crippen MR) is 99.0 cm³/mol. The summed E-state index contributed by atoms with van der Waals surface area (Å²) in [6, 6.07) is 7.99. The van der Waals surface area contributed by atoms with E-state index in [1.165, 1.54) is 18.1 Å². The molecule has 0 N–H and O–H groups in total. The molecule has 146 valence electrons. The second-order valence-electron chi connectivity index (χ2n) is 6.94. The first-order valence-corrected chi connectivity index (χ1v) is 8.70. The van der Waals surface area contributed by atoms with Gasteiger partial charge in [0.25, 0.3) is 5.91 Å². The molecule has 2 aromatic carbocycles. The van der Waals surface area contributed by atoms with Crippen LogP contribution in [0.2, 0.25) is 0 Å². The average Bonchev–Trinajstić information content (AvgIpc) is 2.97. The summed E-state index contributed by atoms with van der Waals surface area (Å²) >= 11 is 0. The summed E-state index contributed by atoms with van der Waals surface area (Å²) in [6.07, 6.45) is 0. The van der Waals surface area contributed by atoms with Crippen LogP contribution < -0.4 is 0 Å². The number of ether oxygens (including phenoxy) is 1. The molecule has 0 unspecified atom stereocenters. The molecule has 28 heavy (non-hydrogen) atoms. The molecular weight excluding hydrogens is 367 g/mol. The Labute approximate surface area is 160 Å². The SMILES string of the molecule is COC(=O)[C@H](C(C)C)N1Cc2ccc(-c3ccc([N+](=O)[O-])c(F)c3)cc2C1=O. The van der Waals surface area contributed by atoms with Crippen LogP contribution in [0.15, 0.2) is 36.4 Å². The second-order valence-corrected chi connectivity index (χ2v) is 6.94. The summed E-state index contributed by atoms with van der Waals surface area (Å²) in [5, 5.41) is 10.8. The van der Waals surface area contributed by atoms with E-state index >= 15 is 0 Å². The van der Waals surface area contributed by atoms with Crippen molar-refractivity contribution < 1.29 is 23.6 Å². The van der Waals surface area contributed by atoms with Gasteiger partial charge in [0.15, 0.2) is 0 Å². The van der Waals surface area contributed by atoms with Crippen LogP contribution in [0.5, 0.6) is 0 Å². The third kappa shape index (κ3) is 3.33. The summed E-state index contributed by atoms with van der Waals surface area (Å²) in [4.78, 5) is 36.5. The minimum atomic E-state index is -0.943. The van der Waals surface area contributed by atoms with Crippen molar-refractivity contribution in [2.24, 2.45) is 5.92 Å². The van der Waals surface area contributed by atoms with E-state index in [1.807, 2.05) is 13.8 Å². The maximum atomic E-state index is 14.0. The predicted octanol–water partition coefficient (Wildman–Crippen LogP) is 3.55. The highest BCUT2D eigenvalue weighted by Gasteiger charge is 2.38. The fraction of sp³-hybridized carbons (Fsp3) is 0.300. The van der Waals surface area contributed by atoms with Crippen LogP contribution in [0, 0.1) is 21.8 Å². The van der Waals surface area contributed by atoms with E-state index in [9.17, 15) is 24.1 Å². The van der Waals surface area contributed by atoms with Crippen molar-refractivity contribution in [3.8, 4) is 11.1 Å². The van der Waals surface area contributed by atoms with Gasteiger partial charge in [0.1, 0.15) is 6.04 Å². The zero-order valence-corrected chi connectivity index (χ0v) is 15.6. The lowest BCUT2D eigenvalue weighted by Crippen LogP contribution is -2.45. The number of esters is 1. The Hall–Kier alpha value is -3.29. The maximum absolute atomic E-state index is 14.0. The number of hydrogen-bond donors (Lipinski definition) is 0. The van der Waals surface area contributed by atoms with Gasteiger partial charge in [-0.2, -0.15) is 4.39 Å². The molecule has 1 aliphatic rings. The van der Waals surface area contributed by atoms with Crippen LogP contribution in [-0.2, 0) is 16.1 Å². The minimum Gasteiger partial charge on any atom is -0.467 e. The van der Waals surface area contributed by atoms with Gasteiger partial charge in [0.05, 0.1) is 12.0 Å². The van der Waals surface area contributed by atoms with Crippen LogP contribution >= 0.6 is 0 Å². The topological polar surface area (TPSA) is 89.8 Å². The molecule has 0 aromatic heterocycles. The second kappa shape index (κ2) is 7.38. The zero-order valence-electron chi connectivity index (χ0n) is 15.6. The van der Waals surface area contributed by atoms with Gasteiger partial charge in [-0.3, -0.25) is 14.9 Å². The summed E-state index contributed by atoms with van der Waals surface area (Å²) in [5.41, 5.74) is 1.55. The molecule has 0 spiro atoms. The Morgan fingerprint density at radius 1 is 1.21 bits per heavy atom. The smallest absolute Gasteiger partial charge is 0.328 e. The molecule has 1 aliphatic heterocycles. The van der Waals surface area contributed by atoms with Gasteiger partial charge in [-0.25, -0.2) is 4.79 Å². The molecule has 7 nitrogen and oxygen atoms in total. The van der Waals surface area contributed by atoms with E-state index in [-0.39, 0.29) is 18.4 Å². The normalized spacial score (nSPS) is 14.2. The number of carbonyl (C=O) groups is 2. The monoisotopic (exact) mass is 386 g/mol. The molecule has 2 aromatic rings. The number of benzene rings is 2. The summed E-state index contributed by atoms with van der Waals surface area (Å²) in [7, 11) is 1.28. The van der Waals surface area contributed by atoms with Crippen LogP contribution in [0.25, 0.3) is 11.1 Å². The Bertz CT molecular complexity index is 973. The van der Waals surface area contributed by atoms with Crippen molar-refractivity contribution >= 4 is 17.6 Å². The fourth-order valence-corrected chi connectivity index (χ4v) is 3.44. The lowest BCUT2D eigenvalue weighted by molar-refractivity contribution is -0.387. The molecule has 0 saturated heterocycles. The number of nitro groups is 1. The third-order valence-corrected chi connectivity index (χ3v) is 4.83. The van der Waals surface area contributed by atoms with Crippen LogP contribution in [0.4, 0.5) is 10.1 Å². The van der Waals surface area contributed by atoms with E-state index in [0.717, 1.165) is 17.7 Å². The number of fused-ring (bicyclic) bond motifs is 1. The van der Waals surface area contributed by atoms with E-state index in [4.69, 9.17) is 4.74 Å². The van der Waals surface area contributed by atoms with Gasteiger partial charge in [-0.1, -0.05) is 26.0 Å². The summed E-state index contributed by atoms with van der Waals surface area (Å²) in [6.45, 7) is 3.95. The molecule has 1 heterocycles. The lowest BCUT2D eigenvalue weighted by Gasteiger charge is -2.28. The van der Waals surface area contributed by atoms with E-state index in [0.29, 0.717) is 16.7 Å². The van der Waals surface area contributed by atoms with Crippen molar-refractivity contribution in [1.82, 2.24) is 4.90 Å². The molecule has 0 bridgehead atoms. The fourth-order valence-electron chi connectivity index (χ4n) is 3.44. The van der Waals surface area contributed by atoms with Gasteiger partial charge in [-0.15, -0.1) is 0 Å². The van der Waals surface area contributed by atoms with Crippen molar-refractivity contribution in [2.45, 2.75) is 26.4 Å². The van der Waals surface area contributed by atoms with E-state index < -0.39 is 28.4 Å². The van der Waals surface area contributed by atoms with Gasteiger partial charge >= 0.3 is 11.7 Å². The Morgan fingerprint density at radius 2 is 1.86 bits per heavy atom. The van der Waals surface area contributed by atoms with Gasteiger partial charge in [0.2, 0.25) is 5.82 Å². The van der Waals surface area contributed by atoms with Crippen LogP contribution in [-0.4, -0.2) is 34.9 Å². The molecule has 1 atom stereocenters. The number of nitrogens with zero attached hydrogens (tertiary/aromatic N) is 2. The number of hydrogen-bond acceptors (Lipinski definition) is 5. The molecule has 0 aliphatic carbocycles. The third-order valence-electron chi connectivity index (χ3n) is 4.83. The number of halogens is 1. The number of methoxy groups -OCH3 is 1. The van der Waals surface area contributed by atoms with Crippen LogP contribution in [0.3, 0.4) is 0 Å². The Kier molecular flexibility index (Phi) is 5.13. The van der Waals surface area contributed by atoms with Gasteiger partial charge < -0.3 is 9.64 Å². The van der Waals surface area contributed by atoms with Crippen molar-refractivity contribution in [3.05, 3.63) is 63.5 Å². The highest BCUT2D eigenvalue weighted by molar-refractivity contribution is 6.01.